The normalized spacial score (nSPS) is 12.1. The third-order valence-corrected chi connectivity index (χ3v) is 10.6. The van der Waals surface area contributed by atoms with Crippen LogP contribution in [0.2, 0.25) is 0 Å². The lowest BCUT2D eigenvalue weighted by Crippen LogP contribution is -2.51. The summed E-state index contributed by atoms with van der Waals surface area (Å²) >= 11 is 0. The van der Waals surface area contributed by atoms with Crippen LogP contribution in [-0.2, 0) is 5.16 Å². The van der Waals surface area contributed by atoms with Crippen molar-refractivity contribution in [3.8, 4) is 0 Å². The van der Waals surface area contributed by atoms with Gasteiger partial charge in [0, 0.05) is 12.4 Å². The first-order chi connectivity index (χ1) is 21.7. The Bertz CT molecular complexity index is 1520. The van der Waals surface area contributed by atoms with Crippen LogP contribution in [0.15, 0.2) is 182 Å². The number of imidazole rings is 1. The van der Waals surface area contributed by atoms with Crippen molar-refractivity contribution in [3.05, 3.63) is 193 Å². The highest BCUT2D eigenvalue weighted by molar-refractivity contribution is 6.95. The monoisotopic (exact) mass is 588 g/mol. The molecule has 0 saturated carbocycles. The zero-order chi connectivity index (χ0) is 30.5. The molecule has 0 saturated heterocycles. The van der Waals surface area contributed by atoms with Crippen LogP contribution in [0.4, 0.5) is 0 Å². The second-order valence-corrected chi connectivity index (χ2v) is 13.1. The van der Waals surface area contributed by atoms with Crippen molar-refractivity contribution in [2.45, 2.75) is 25.4 Å². The highest BCUT2D eigenvalue weighted by Crippen LogP contribution is 2.33. The minimum absolute atomic E-state index is 0.150. The first-order valence-electron chi connectivity index (χ1n) is 15.6. The summed E-state index contributed by atoms with van der Waals surface area (Å²) in [5.74, 6) is 0.625. The van der Waals surface area contributed by atoms with Gasteiger partial charge in [0.25, 0.3) is 0 Å². The highest BCUT2D eigenvalue weighted by Gasteiger charge is 2.35. The Kier molecular flexibility index (Phi) is 11.0. The number of hydrogen-bond donors (Lipinski definition) is 0. The van der Waals surface area contributed by atoms with Crippen molar-refractivity contribution >= 4 is 32.6 Å². The summed E-state index contributed by atoms with van der Waals surface area (Å²) in [6.07, 6.45) is 9.52. The molecule has 0 fully saturated rings. The average molecular weight is 589 g/mol. The molecule has 1 heterocycles. The fraction of sp³-hybridized carbons (Fsp3) is 0.125. The van der Waals surface area contributed by atoms with Crippen LogP contribution in [0.5, 0.6) is 0 Å². The van der Waals surface area contributed by atoms with Gasteiger partial charge < -0.3 is 4.57 Å². The molecule has 0 amide bonds. The first-order valence-corrected chi connectivity index (χ1v) is 17.2. The molecule has 0 aliphatic carbocycles. The Hall–Kier alpha value is -4.67. The van der Waals surface area contributed by atoms with Gasteiger partial charge in [0.05, 0.1) is 21.0 Å². The van der Waals surface area contributed by atoms with Gasteiger partial charge >= 0.3 is 0 Å². The van der Waals surface area contributed by atoms with E-state index in [0.29, 0.717) is 12.6 Å². The SMILES string of the molecule is CCC(C)C=C[SiH2]C(c1ccccc1)(c1ccccc1)n1ccnc1.c1ccc(B(c2ccccc2)c2ccccc2)cc1. The molecule has 1 aromatic heterocycles. The molecule has 2 nitrogen and oxygen atoms in total. The molecular formula is C40H41BN2Si. The maximum atomic E-state index is 4.36. The van der Waals surface area contributed by atoms with E-state index in [-0.39, 0.29) is 5.16 Å². The van der Waals surface area contributed by atoms with Crippen molar-refractivity contribution in [3.63, 3.8) is 0 Å². The zero-order valence-corrected chi connectivity index (χ0v) is 27.2. The lowest BCUT2D eigenvalue weighted by atomic mass is 9.37. The van der Waals surface area contributed by atoms with E-state index in [1.807, 2.05) is 12.5 Å². The van der Waals surface area contributed by atoms with E-state index in [1.165, 1.54) is 33.9 Å². The molecule has 0 bridgehead atoms. The summed E-state index contributed by atoms with van der Waals surface area (Å²) in [6, 6.07) is 53.7. The molecular weight excluding hydrogens is 547 g/mol. The van der Waals surface area contributed by atoms with E-state index in [0.717, 1.165) is 0 Å². The predicted molar refractivity (Wildman–Crippen MR) is 192 cm³/mol. The maximum Gasteiger partial charge on any atom is 0.241 e. The lowest BCUT2D eigenvalue weighted by Gasteiger charge is -2.36. The van der Waals surface area contributed by atoms with Crippen LogP contribution in [0.1, 0.15) is 31.4 Å². The van der Waals surface area contributed by atoms with Gasteiger partial charge in [0.1, 0.15) is 0 Å². The third kappa shape index (κ3) is 7.45. The summed E-state index contributed by atoms with van der Waals surface area (Å²) in [5, 5.41) is -0.150. The number of hydrogen-bond acceptors (Lipinski definition) is 1. The van der Waals surface area contributed by atoms with E-state index in [2.05, 4.69) is 193 Å². The van der Waals surface area contributed by atoms with Crippen molar-refractivity contribution in [1.29, 1.82) is 0 Å². The minimum atomic E-state index is -0.657. The number of benzene rings is 5. The van der Waals surface area contributed by atoms with Crippen molar-refractivity contribution in [2.24, 2.45) is 5.92 Å². The Morgan fingerprint density at radius 2 is 1.07 bits per heavy atom. The quantitative estimate of drug-likeness (QED) is 0.166. The Labute approximate surface area is 266 Å². The summed E-state index contributed by atoms with van der Waals surface area (Å²) in [6.45, 7) is 4.84. The summed E-state index contributed by atoms with van der Waals surface area (Å²) in [5.41, 5.74) is 9.13. The fourth-order valence-electron chi connectivity index (χ4n) is 5.84. The number of allylic oxidation sites excluding steroid dienone is 1. The molecule has 0 spiro atoms. The van der Waals surface area contributed by atoms with Gasteiger partial charge in [-0.3, -0.25) is 0 Å². The molecule has 1 atom stereocenters. The van der Waals surface area contributed by atoms with Crippen LogP contribution in [0.3, 0.4) is 0 Å². The van der Waals surface area contributed by atoms with Gasteiger partial charge in [0.15, 0.2) is 0 Å². The summed E-state index contributed by atoms with van der Waals surface area (Å²) in [4.78, 5) is 4.36. The molecule has 44 heavy (non-hydrogen) atoms. The van der Waals surface area contributed by atoms with Gasteiger partial charge in [0.2, 0.25) is 6.71 Å². The van der Waals surface area contributed by atoms with Crippen molar-refractivity contribution in [2.75, 3.05) is 0 Å². The predicted octanol–water partition coefficient (Wildman–Crippen LogP) is 6.56. The average Bonchev–Trinajstić information content (AvgIpc) is 3.65. The smallest absolute Gasteiger partial charge is 0.241 e. The molecule has 4 heteroatoms. The van der Waals surface area contributed by atoms with E-state index in [9.17, 15) is 0 Å². The lowest BCUT2D eigenvalue weighted by molar-refractivity contribution is 0.595. The molecule has 0 aliphatic heterocycles. The number of aromatic nitrogens is 2. The molecule has 218 valence electrons. The number of nitrogens with zero attached hydrogens (tertiary/aromatic N) is 2. The molecule has 6 aromatic rings. The highest BCUT2D eigenvalue weighted by atomic mass is 28.2. The van der Waals surface area contributed by atoms with Crippen molar-refractivity contribution < 1.29 is 0 Å². The summed E-state index contributed by atoms with van der Waals surface area (Å²) < 4.78 is 2.30. The second-order valence-electron chi connectivity index (χ2n) is 11.2. The first kappa shape index (κ1) is 30.8. The summed E-state index contributed by atoms with van der Waals surface area (Å²) in [7, 11) is -0.657. The molecule has 0 N–H and O–H groups in total. The zero-order valence-electron chi connectivity index (χ0n) is 25.8. The fourth-order valence-corrected chi connectivity index (χ4v) is 8.12. The second kappa shape index (κ2) is 15.7. The van der Waals surface area contributed by atoms with E-state index in [4.69, 9.17) is 0 Å². The van der Waals surface area contributed by atoms with E-state index < -0.39 is 9.52 Å². The van der Waals surface area contributed by atoms with Crippen LogP contribution >= 0.6 is 0 Å². The molecule has 6 rings (SSSR count). The number of rotatable bonds is 10. The van der Waals surface area contributed by atoms with Crippen LogP contribution in [0.25, 0.3) is 0 Å². The van der Waals surface area contributed by atoms with Crippen LogP contribution in [-0.4, -0.2) is 25.8 Å². The molecule has 0 aliphatic rings. The Morgan fingerprint density at radius 1 is 0.659 bits per heavy atom. The van der Waals surface area contributed by atoms with E-state index >= 15 is 0 Å². The molecule has 1 unspecified atom stereocenters. The minimum Gasteiger partial charge on any atom is -0.326 e. The third-order valence-electron chi connectivity index (χ3n) is 8.37. The molecule has 5 aromatic carbocycles. The maximum absolute atomic E-state index is 4.36. The topological polar surface area (TPSA) is 17.8 Å². The van der Waals surface area contributed by atoms with E-state index in [1.54, 1.807) is 0 Å². The van der Waals surface area contributed by atoms with Crippen LogP contribution in [0, 0.1) is 5.92 Å². The van der Waals surface area contributed by atoms with Gasteiger partial charge in [-0.25, -0.2) is 4.98 Å². The Balaban J connectivity index is 0.000000181. The van der Waals surface area contributed by atoms with Crippen molar-refractivity contribution in [1.82, 2.24) is 9.55 Å². The largest absolute Gasteiger partial charge is 0.326 e. The standard InChI is InChI=1S/C22H26N2Si.C18H15B/c1-3-19(2)14-17-25-22(24-16-15-23-18-24,20-10-6-4-7-11-20)21-12-8-5-9-13-21;1-4-10-16(11-5-1)19(17-12-6-2-7-13-17)18-14-8-3-9-15-18/h4-19H,3,25H2,1-2H3;1-15H. The molecule has 0 radical (unpaired) electrons. The van der Waals surface area contributed by atoms with Gasteiger partial charge in [-0.15, -0.1) is 5.70 Å². The van der Waals surface area contributed by atoms with Crippen LogP contribution < -0.4 is 16.4 Å². The Morgan fingerprint density at radius 3 is 1.43 bits per heavy atom. The van der Waals surface area contributed by atoms with Gasteiger partial charge in [-0.05, 0) is 17.0 Å². The van der Waals surface area contributed by atoms with Gasteiger partial charge in [-0.1, -0.05) is 194 Å². The van der Waals surface area contributed by atoms with Gasteiger partial charge in [-0.2, -0.15) is 0 Å².